The summed E-state index contributed by atoms with van der Waals surface area (Å²) in [5, 5.41) is 33.1. The number of aromatic hydroxyl groups is 1. The van der Waals surface area contributed by atoms with Crippen molar-refractivity contribution in [1.29, 1.82) is 0 Å². The number of aliphatic hydroxyl groups is 1. The lowest BCUT2D eigenvalue weighted by molar-refractivity contribution is -0.134. The Kier molecular flexibility index (Phi) is 14.0. The van der Waals surface area contributed by atoms with Crippen LogP contribution < -0.4 is 32.3 Å². The highest BCUT2D eigenvalue weighted by molar-refractivity contribution is 5.98. The second-order valence-corrected chi connectivity index (χ2v) is 12.0. The van der Waals surface area contributed by atoms with Crippen molar-refractivity contribution in [3.05, 3.63) is 65.7 Å². The number of hydrogen-bond acceptors (Lipinski definition) is 8. The number of phenolic OH excluding ortho intramolecular Hbond substituents is 1. The van der Waals surface area contributed by atoms with Gasteiger partial charge in [-0.05, 0) is 61.4 Å². The molecule has 1 aliphatic heterocycles. The number of carbonyl (C=O) groups is 5. The van der Waals surface area contributed by atoms with Gasteiger partial charge in [-0.3, -0.25) is 24.0 Å². The average molecular weight is 639 g/mol. The number of hydrogen-bond donors (Lipinski definition) is 8. The molecule has 2 aromatic carbocycles. The van der Waals surface area contributed by atoms with Crippen molar-refractivity contribution in [3.63, 3.8) is 0 Å². The Labute approximate surface area is 269 Å². The number of aliphatic hydroxyl groups excluding tert-OH is 1. The van der Waals surface area contributed by atoms with Gasteiger partial charge in [-0.2, -0.15) is 0 Å². The molecule has 5 atom stereocenters. The molecule has 46 heavy (non-hydrogen) atoms. The van der Waals surface area contributed by atoms with Crippen molar-refractivity contribution in [2.24, 2.45) is 11.7 Å². The molecule has 5 amide bonds. The molecule has 1 fully saturated rings. The third kappa shape index (κ3) is 11.1. The summed E-state index contributed by atoms with van der Waals surface area (Å²) < 4.78 is 0. The van der Waals surface area contributed by atoms with Crippen LogP contribution in [0, 0.1) is 5.92 Å². The maximum absolute atomic E-state index is 13.8. The van der Waals surface area contributed by atoms with Gasteiger partial charge in [-0.25, -0.2) is 0 Å². The van der Waals surface area contributed by atoms with E-state index in [0.29, 0.717) is 24.9 Å². The molecule has 0 saturated carbocycles. The second kappa shape index (κ2) is 17.9. The lowest BCUT2D eigenvalue weighted by Gasteiger charge is -2.26. The summed E-state index contributed by atoms with van der Waals surface area (Å²) in [6.45, 7) is 3.34. The molecule has 1 aliphatic rings. The van der Waals surface area contributed by atoms with E-state index in [-0.39, 0.29) is 37.4 Å². The third-order valence-corrected chi connectivity index (χ3v) is 7.66. The van der Waals surface area contributed by atoms with Crippen LogP contribution in [0.15, 0.2) is 54.6 Å². The summed E-state index contributed by atoms with van der Waals surface area (Å²) in [6, 6.07) is 9.20. The van der Waals surface area contributed by atoms with Gasteiger partial charge in [0.05, 0.1) is 6.61 Å². The topological polar surface area (TPSA) is 212 Å². The fraction of sp³-hybridized carbons (Fsp3) is 0.485. The van der Waals surface area contributed by atoms with E-state index in [0.717, 1.165) is 5.56 Å². The molecular weight excluding hydrogens is 592 g/mol. The van der Waals surface area contributed by atoms with Gasteiger partial charge in [0, 0.05) is 12.8 Å². The molecule has 9 N–H and O–H groups in total. The van der Waals surface area contributed by atoms with E-state index < -0.39 is 66.4 Å². The minimum absolute atomic E-state index is 0.0168. The Hall–Kier alpha value is -4.49. The van der Waals surface area contributed by atoms with Crippen LogP contribution >= 0.6 is 0 Å². The van der Waals surface area contributed by atoms with Gasteiger partial charge in [0.15, 0.2) is 0 Å². The predicted octanol–water partition coefficient (Wildman–Crippen LogP) is -0.218. The quantitative estimate of drug-likeness (QED) is 0.154. The first-order valence-electron chi connectivity index (χ1n) is 15.6. The Morgan fingerprint density at radius 1 is 0.630 bits per heavy atom. The Bertz CT molecular complexity index is 1320. The first-order chi connectivity index (χ1) is 22.0. The molecule has 0 radical (unpaired) electrons. The molecule has 1 heterocycles. The maximum Gasteiger partial charge on any atom is 0.245 e. The number of unbranched alkanes of at least 4 members (excludes halogenated alkanes) is 1. The fourth-order valence-corrected chi connectivity index (χ4v) is 5.16. The molecule has 13 nitrogen and oxygen atoms in total. The zero-order valence-electron chi connectivity index (χ0n) is 26.3. The molecule has 0 spiro atoms. The molecule has 0 aliphatic carbocycles. The highest BCUT2D eigenvalue weighted by Crippen LogP contribution is 2.14. The predicted molar refractivity (Wildman–Crippen MR) is 171 cm³/mol. The summed E-state index contributed by atoms with van der Waals surface area (Å²) >= 11 is 0. The lowest BCUT2D eigenvalue weighted by Crippen LogP contribution is -2.59. The molecular formula is C33H46N6O7. The minimum atomic E-state index is -1.43. The van der Waals surface area contributed by atoms with Gasteiger partial charge in [0.1, 0.15) is 36.0 Å². The average Bonchev–Trinajstić information content (AvgIpc) is 3.02. The standard InChI is InChI=1S/C33H46N6O7/c1-20(2)16-25-30(43)39-28(19-40)33(46)38-27(18-22-11-13-23(41)14-12-22)31(44)35-24(10-6-7-15-34)29(42)37-26(32(45)36-25)17-21-8-4-3-5-9-21/h3-5,8-9,11-14,20,24-28,40-41H,6-7,10,15-19,34H2,1-2H3,(H,35,44)(H,36,45)(H,37,42)(H,38,46)(H,39,43). The highest BCUT2D eigenvalue weighted by atomic mass is 16.3. The zero-order chi connectivity index (χ0) is 33.6. The number of nitrogens with one attached hydrogen (secondary N) is 5. The van der Waals surface area contributed by atoms with Crippen molar-refractivity contribution < 1.29 is 34.2 Å². The molecule has 13 heteroatoms. The highest BCUT2D eigenvalue weighted by Gasteiger charge is 2.34. The lowest BCUT2D eigenvalue weighted by atomic mass is 10.00. The number of phenols is 1. The van der Waals surface area contributed by atoms with Crippen LogP contribution in [0.2, 0.25) is 0 Å². The normalized spacial score (nSPS) is 23.3. The molecule has 250 valence electrons. The summed E-state index contributed by atoms with van der Waals surface area (Å²) in [5.74, 6) is -3.46. The largest absolute Gasteiger partial charge is 0.508 e. The van der Waals surface area contributed by atoms with E-state index in [2.05, 4.69) is 26.6 Å². The van der Waals surface area contributed by atoms with E-state index in [1.54, 1.807) is 24.3 Å². The van der Waals surface area contributed by atoms with Crippen LogP contribution in [0.25, 0.3) is 0 Å². The molecule has 5 unspecified atom stereocenters. The van der Waals surface area contributed by atoms with Crippen LogP contribution in [-0.2, 0) is 36.8 Å². The van der Waals surface area contributed by atoms with Crippen LogP contribution in [0.5, 0.6) is 5.75 Å². The van der Waals surface area contributed by atoms with Gasteiger partial charge >= 0.3 is 0 Å². The fourth-order valence-electron chi connectivity index (χ4n) is 5.16. The first-order valence-corrected chi connectivity index (χ1v) is 15.6. The van der Waals surface area contributed by atoms with Crippen LogP contribution in [0.3, 0.4) is 0 Å². The third-order valence-electron chi connectivity index (χ3n) is 7.66. The molecule has 1 saturated heterocycles. The van der Waals surface area contributed by atoms with Gasteiger partial charge in [-0.1, -0.05) is 56.3 Å². The van der Waals surface area contributed by atoms with E-state index in [4.69, 9.17) is 5.73 Å². The number of nitrogens with two attached hydrogens (primary N) is 1. The number of amides is 5. The summed E-state index contributed by atoms with van der Waals surface area (Å²) in [4.78, 5) is 68.0. The van der Waals surface area contributed by atoms with Crippen molar-refractivity contribution in [2.75, 3.05) is 13.2 Å². The second-order valence-electron chi connectivity index (χ2n) is 12.0. The number of rotatable bonds is 11. The Morgan fingerprint density at radius 3 is 1.63 bits per heavy atom. The van der Waals surface area contributed by atoms with E-state index in [1.165, 1.54) is 12.1 Å². The van der Waals surface area contributed by atoms with Crippen LogP contribution in [0.1, 0.15) is 50.7 Å². The maximum atomic E-state index is 13.8. The Morgan fingerprint density at radius 2 is 1.09 bits per heavy atom. The van der Waals surface area contributed by atoms with Crippen molar-refractivity contribution in [2.45, 2.75) is 82.6 Å². The first kappa shape index (κ1) is 36.0. The molecule has 0 bridgehead atoms. The minimum Gasteiger partial charge on any atom is -0.508 e. The van der Waals surface area contributed by atoms with Crippen LogP contribution in [-0.4, -0.2) is 83.1 Å². The number of carbonyl (C=O) groups excluding carboxylic acids is 5. The smallest absolute Gasteiger partial charge is 0.245 e. The van der Waals surface area contributed by atoms with Crippen LogP contribution in [0.4, 0.5) is 0 Å². The van der Waals surface area contributed by atoms with Crippen molar-refractivity contribution in [3.8, 4) is 5.75 Å². The van der Waals surface area contributed by atoms with E-state index >= 15 is 0 Å². The van der Waals surface area contributed by atoms with Crippen molar-refractivity contribution >= 4 is 29.5 Å². The van der Waals surface area contributed by atoms with Gasteiger partial charge in [0.2, 0.25) is 29.5 Å². The monoisotopic (exact) mass is 638 g/mol. The molecule has 2 aromatic rings. The van der Waals surface area contributed by atoms with Gasteiger partial charge in [-0.15, -0.1) is 0 Å². The molecule has 3 rings (SSSR count). The molecule has 0 aromatic heterocycles. The van der Waals surface area contributed by atoms with E-state index in [1.807, 2.05) is 32.0 Å². The van der Waals surface area contributed by atoms with Gasteiger partial charge < -0.3 is 42.5 Å². The van der Waals surface area contributed by atoms with E-state index in [9.17, 15) is 34.2 Å². The Balaban J connectivity index is 2.04. The zero-order valence-corrected chi connectivity index (χ0v) is 26.3. The summed E-state index contributed by atoms with van der Waals surface area (Å²) in [7, 11) is 0. The summed E-state index contributed by atoms with van der Waals surface area (Å²) in [6.07, 6.45) is 1.61. The van der Waals surface area contributed by atoms with Crippen molar-refractivity contribution in [1.82, 2.24) is 26.6 Å². The SMILES string of the molecule is CC(C)CC1NC(=O)C(Cc2ccccc2)NC(=O)C(CCCCN)NC(=O)C(Cc2ccc(O)cc2)NC(=O)C(CO)NC1=O. The summed E-state index contributed by atoms with van der Waals surface area (Å²) in [5.41, 5.74) is 7.04. The number of benzene rings is 2. The van der Waals surface area contributed by atoms with Gasteiger partial charge in [0.25, 0.3) is 0 Å².